The highest BCUT2D eigenvalue weighted by molar-refractivity contribution is 6.00. The molecule has 1 aromatic carbocycles. The summed E-state index contributed by atoms with van der Waals surface area (Å²) in [7, 11) is 1.47. The molecule has 0 saturated carbocycles. The number of fused-ring (bicyclic) bond motifs is 2. The number of ether oxygens (including phenoxy) is 1. The number of rotatable bonds is 5. The highest BCUT2D eigenvalue weighted by Gasteiger charge is 2.25. The summed E-state index contributed by atoms with van der Waals surface area (Å²) in [6, 6.07) is 7.87. The molecule has 6 rings (SSSR count). The van der Waals surface area contributed by atoms with Crippen LogP contribution in [0.3, 0.4) is 0 Å². The second kappa shape index (κ2) is 9.24. The van der Waals surface area contributed by atoms with Gasteiger partial charge < -0.3 is 15.0 Å². The molecule has 10 nitrogen and oxygen atoms in total. The standard InChI is InChI=1S/C27H20F2N8O2/c1-14(36-12-19(16-9-31-27(39-2)32-10-16)22-24(30)33-13-34-25(22)36)23-21(15-4-3-5-17(28)8-15)26(38)37-11-18(29)6-7-20(37)35-23/h3-14H,1-2H3,(H2,30,33,34)/t14-/m0/s1. The molecule has 0 radical (unpaired) electrons. The molecule has 1 atom stereocenters. The van der Waals surface area contributed by atoms with Crippen molar-refractivity contribution in [1.29, 1.82) is 0 Å². The topological polar surface area (TPSA) is 126 Å². The lowest BCUT2D eigenvalue weighted by molar-refractivity contribution is 0.380. The number of hydrogen-bond acceptors (Lipinski definition) is 8. The van der Waals surface area contributed by atoms with E-state index in [1.165, 1.54) is 43.8 Å². The van der Waals surface area contributed by atoms with Crippen LogP contribution in [0.5, 0.6) is 6.01 Å². The SMILES string of the molecule is COc1ncc(-c2cn([C@@H](C)c3nc4ccc(F)cn4c(=O)c3-c3cccc(F)c3)c3ncnc(N)c23)cn1. The fourth-order valence-corrected chi connectivity index (χ4v) is 4.66. The molecule has 0 aliphatic rings. The minimum atomic E-state index is -0.604. The molecule has 194 valence electrons. The van der Waals surface area contributed by atoms with E-state index >= 15 is 0 Å². The van der Waals surface area contributed by atoms with Crippen LogP contribution in [0, 0.1) is 11.6 Å². The number of benzene rings is 1. The van der Waals surface area contributed by atoms with E-state index in [0.717, 1.165) is 10.6 Å². The molecule has 0 saturated heterocycles. The van der Waals surface area contributed by atoms with E-state index in [-0.39, 0.29) is 23.0 Å². The Morgan fingerprint density at radius 2 is 1.77 bits per heavy atom. The average molecular weight is 527 g/mol. The van der Waals surface area contributed by atoms with Gasteiger partial charge in [0.2, 0.25) is 0 Å². The molecule has 0 aliphatic carbocycles. The van der Waals surface area contributed by atoms with Crippen LogP contribution >= 0.6 is 0 Å². The number of anilines is 1. The highest BCUT2D eigenvalue weighted by atomic mass is 19.1. The van der Waals surface area contributed by atoms with Gasteiger partial charge in [-0.2, -0.15) is 0 Å². The summed E-state index contributed by atoms with van der Waals surface area (Å²) < 4.78 is 36.3. The van der Waals surface area contributed by atoms with Gasteiger partial charge in [0, 0.05) is 35.9 Å². The van der Waals surface area contributed by atoms with Crippen LogP contribution in [-0.4, -0.2) is 41.0 Å². The molecule has 2 N–H and O–H groups in total. The van der Waals surface area contributed by atoms with Gasteiger partial charge in [-0.15, -0.1) is 0 Å². The molecular weight excluding hydrogens is 506 g/mol. The molecular formula is C27H20F2N8O2. The monoisotopic (exact) mass is 526 g/mol. The predicted molar refractivity (Wildman–Crippen MR) is 140 cm³/mol. The van der Waals surface area contributed by atoms with Crippen LogP contribution in [0.4, 0.5) is 14.6 Å². The molecule has 0 amide bonds. The van der Waals surface area contributed by atoms with Crippen LogP contribution in [0.1, 0.15) is 18.7 Å². The summed E-state index contributed by atoms with van der Waals surface area (Å²) in [6.45, 7) is 1.83. The normalized spacial score (nSPS) is 12.2. The molecule has 0 spiro atoms. The quantitative estimate of drug-likeness (QED) is 0.357. The van der Waals surface area contributed by atoms with E-state index in [4.69, 9.17) is 15.5 Å². The van der Waals surface area contributed by atoms with Gasteiger partial charge in [-0.05, 0) is 36.8 Å². The smallest absolute Gasteiger partial charge is 0.316 e. The van der Waals surface area contributed by atoms with Crippen molar-refractivity contribution in [3.05, 3.63) is 95.2 Å². The molecule has 0 bridgehead atoms. The van der Waals surface area contributed by atoms with Gasteiger partial charge in [-0.3, -0.25) is 9.20 Å². The lowest BCUT2D eigenvalue weighted by Crippen LogP contribution is -2.23. The predicted octanol–water partition coefficient (Wildman–Crippen LogP) is 4.04. The lowest BCUT2D eigenvalue weighted by atomic mass is 10.0. The Balaban J connectivity index is 1.63. The van der Waals surface area contributed by atoms with Crippen molar-refractivity contribution in [3.8, 4) is 28.3 Å². The Morgan fingerprint density at radius 3 is 2.51 bits per heavy atom. The third kappa shape index (κ3) is 4.02. The summed E-state index contributed by atoms with van der Waals surface area (Å²) in [4.78, 5) is 35.4. The average Bonchev–Trinajstić information content (AvgIpc) is 3.34. The number of aromatic nitrogens is 7. The zero-order chi connectivity index (χ0) is 27.3. The van der Waals surface area contributed by atoms with E-state index in [1.54, 1.807) is 29.2 Å². The summed E-state index contributed by atoms with van der Waals surface area (Å²) in [5.74, 6) is -0.889. The molecule has 0 aliphatic heterocycles. The first kappa shape index (κ1) is 24.1. The van der Waals surface area contributed by atoms with Crippen molar-refractivity contribution < 1.29 is 13.5 Å². The molecule has 39 heavy (non-hydrogen) atoms. The molecule has 6 aromatic rings. The fraction of sp³-hybridized carbons (Fsp3) is 0.111. The van der Waals surface area contributed by atoms with Crippen LogP contribution in [0.25, 0.3) is 38.9 Å². The van der Waals surface area contributed by atoms with Crippen molar-refractivity contribution in [2.45, 2.75) is 13.0 Å². The van der Waals surface area contributed by atoms with Gasteiger partial charge in [0.25, 0.3) is 5.56 Å². The number of methoxy groups -OCH3 is 1. The number of halogens is 2. The zero-order valence-electron chi connectivity index (χ0n) is 20.7. The minimum Gasteiger partial charge on any atom is -0.467 e. The van der Waals surface area contributed by atoms with Gasteiger partial charge in [0.1, 0.15) is 35.1 Å². The summed E-state index contributed by atoms with van der Waals surface area (Å²) >= 11 is 0. The Hall–Kier alpha value is -5.26. The second-order valence-electron chi connectivity index (χ2n) is 8.81. The van der Waals surface area contributed by atoms with E-state index in [9.17, 15) is 13.6 Å². The molecule has 5 aromatic heterocycles. The maximum absolute atomic E-state index is 14.3. The Labute approximate surface area is 219 Å². The van der Waals surface area contributed by atoms with Crippen molar-refractivity contribution >= 4 is 22.5 Å². The number of nitrogens with two attached hydrogens (primary N) is 1. The van der Waals surface area contributed by atoms with E-state index in [2.05, 4.69) is 19.9 Å². The molecule has 0 unspecified atom stereocenters. The first-order chi connectivity index (χ1) is 18.9. The van der Waals surface area contributed by atoms with Crippen molar-refractivity contribution in [2.24, 2.45) is 0 Å². The van der Waals surface area contributed by atoms with Crippen LogP contribution < -0.4 is 16.0 Å². The first-order valence-corrected chi connectivity index (χ1v) is 11.8. The first-order valence-electron chi connectivity index (χ1n) is 11.8. The number of hydrogen-bond donors (Lipinski definition) is 1. The van der Waals surface area contributed by atoms with E-state index in [1.807, 2.05) is 6.92 Å². The van der Waals surface area contributed by atoms with Crippen LogP contribution in [0.2, 0.25) is 0 Å². The lowest BCUT2D eigenvalue weighted by Gasteiger charge is -2.19. The van der Waals surface area contributed by atoms with Gasteiger partial charge in [0.15, 0.2) is 0 Å². The molecule has 5 heterocycles. The minimum absolute atomic E-state index is 0.128. The number of nitrogens with zero attached hydrogens (tertiary/aromatic N) is 7. The highest BCUT2D eigenvalue weighted by Crippen LogP contribution is 2.36. The maximum Gasteiger partial charge on any atom is 0.316 e. The van der Waals surface area contributed by atoms with Crippen LogP contribution in [-0.2, 0) is 0 Å². The van der Waals surface area contributed by atoms with Crippen molar-refractivity contribution in [1.82, 2.24) is 33.9 Å². The summed E-state index contributed by atoms with van der Waals surface area (Å²) in [5, 5.41) is 0.560. The largest absolute Gasteiger partial charge is 0.467 e. The van der Waals surface area contributed by atoms with Crippen LogP contribution in [0.15, 0.2) is 72.3 Å². The zero-order valence-corrected chi connectivity index (χ0v) is 20.7. The Bertz CT molecular complexity index is 1940. The van der Waals surface area contributed by atoms with Crippen molar-refractivity contribution in [2.75, 3.05) is 12.8 Å². The third-order valence-corrected chi connectivity index (χ3v) is 6.50. The summed E-state index contributed by atoms with van der Waals surface area (Å²) in [6.07, 6.45) is 7.39. The number of nitrogen functional groups attached to an aromatic ring is 1. The second-order valence-corrected chi connectivity index (χ2v) is 8.81. The van der Waals surface area contributed by atoms with Gasteiger partial charge in [-0.25, -0.2) is 33.7 Å². The van der Waals surface area contributed by atoms with E-state index < -0.39 is 23.2 Å². The number of pyridine rings is 1. The fourth-order valence-electron chi connectivity index (χ4n) is 4.66. The van der Waals surface area contributed by atoms with Gasteiger partial charge in [0.05, 0.1) is 29.8 Å². The Morgan fingerprint density at radius 1 is 0.974 bits per heavy atom. The van der Waals surface area contributed by atoms with Gasteiger partial charge >= 0.3 is 6.01 Å². The van der Waals surface area contributed by atoms with E-state index in [0.29, 0.717) is 33.4 Å². The summed E-state index contributed by atoms with van der Waals surface area (Å²) in [5.41, 5.74) is 8.52. The maximum atomic E-state index is 14.3. The molecule has 12 heteroatoms. The van der Waals surface area contributed by atoms with Crippen molar-refractivity contribution in [3.63, 3.8) is 0 Å². The molecule has 0 fully saturated rings. The third-order valence-electron chi connectivity index (χ3n) is 6.50. The van der Waals surface area contributed by atoms with Gasteiger partial charge in [-0.1, -0.05) is 12.1 Å². The Kier molecular flexibility index (Phi) is 5.71.